The highest BCUT2D eigenvalue weighted by atomic mass is 35.5. The lowest BCUT2D eigenvalue weighted by atomic mass is 9.82. The summed E-state index contributed by atoms with van der Waals surface area (Å²) in [5.41, 5.74) is -1.01. The Balaban J connectivity index is 0.00000200. The molecule has 0 aromatic heterocycles. The minimum absolute atomic E-state index is 0. The number of anilines is 1. The topological polar surface area (TPSA) is 41.1 Å². The molecule has 1 aromatic rings. The van der Waals surface area contributed by atoms with E-state index in [-0.39, 0.29) is 18.1 Å². The first-order chi connectivity index (χ1) is 8.92. The Morgan fingerprint density at radius 1 is 1.25 bits per heavy atom. The highest BCUT2D eigenvalue weighted by molar-refractivity contribution is 5.95. The van der Waals surface area contributed by atoms with Crippen LogP contribution in [0.25, 0.3) is 0 Å². The van der Waals surface area contributed by atoms with Crippen LogP contribution in [-0.4, -0.2) is 19.0 Å². The SMILES string of the molecule is CC1(C(=O)Nc2cc(F)c(F)cc2F)CCCNC1.Cl. The maximum Gasteiger partial charge on any atom is 0.231 e. The molecule has 2 rings (SSSR count). The predicted octanol–water partition coefficient (Wildman–Crippen LogP) is 2.85. The number of hydrogen-bond donors (Lipinski definition) is 2. The smallest absolute Gasteiger partial charge is 0.231 e. The molecule has 1 aromatic carbocycles. The average molecular weight is 309 g/mol. The van der Waals surface area contributed by atoms with Gasteiger partial charge in [0.2, 0.25) is 5.91 Å². The number of nitrogens with one attached hydrogen (secondary N) is 2. The summed E-state index contributed by atoms with van der Waals surface area (Å²) in [5, 5.41) is 5.42. The molecule has 7 heteroatoms. The fraction of sp³-hybridized carbons (Fsp3) is 0.462. The molecule has 1 aliphatic heterocycles. The molecule has 1 unspecified atom stereocenters. The number of carbonyl (C=O) groups excluding carboxylic acids is 1. The number of benzene rings is 1. The molecule has 1 atom stereocenters. The second kappa shape index (κ2) is 6.45. The van der Waals surface area contributed by atoms with Gasteiger partial charge in [0.25, 0.3) is 0 Å². The predicted molar refractivity (Wildman–Crippen MR) is 72.4 cm³/mol. The minimum Gasteiger partial charge on any atom is -0.323 e. The van der Waals surface area contributed by atoms with Gasteiger partial charge in [-0.1, -0.05) is 0 Å². The van der Waals surface area contributed by atoms with E-state index in [9.17, 15) is 18.0 Å². The summed E-state index contributed by atoms with van der Waals surface area (Å²) in [4.78, 5) is 12.1. The van der Waals surface area contributed by atoms with Gasteiger partial charge in [0.15, 0.2) is 11.6 Å². The van der Waals surface area contributed by atoms with Gasteiger partial charge in [-0.05, 0) is 26.3 Å². The molecule has 1 aliphatic rings. The summed E-state index contributed by atoms with van der Waals surface area (Å²) in [6.45, 7) is 3.07. The van der Waals surface area contributed by atoms with Crippen molar-refractivity contribution in [2.75, 3.05) is 18.4 Å². The van der Waals surface area contributed by atoms with Crippen LogP contribution in [0, 0.1) is 22.9 Å². The molecule has 0 aliphatic carbocycles. The van der Waals surface area contributed by atoms with E-state index in [4.69, 9.17) is 0 Å². The zero-order valence-electron chi connectivity index (χ0n) is 10.9. The second-order valence-corrected chi connectivity index (χ2v) is 5.04. The van der Waals surface area contributed by atoms with Crippen molar-refractivity contribution in [2.24, 2.45) is 5.41 Å². The van der Waals surface area contributed by atoms with Gasteiger partial charge in [0, 0.05) is 18.7 Å². The molecule has 0 bridgehead atoms. The number of carbonyl (C=O) groups is 1. The summed E-state index contributed by atoms with van der Waals surface area (Å²) in [7, 11) is 0. The fourth-order valence-electron chi connectivity index (χ4n) is 2.14. The molecule has 1 amide bonds. The largest absolute Gasteiger partial charge is 0.323 e. The Morgan fingerprint density at radius 3 is 2.50 bits per heavy atom. The highest BCUT2D eigenvalue weighted by Gasteiger charge is 2.35. The Morgan fingerprint density at radius 2 is 1.90 bits per heavy atom. The van der Waals surface area contributed by atoms with E-state index in [1.807, 2.05) is 0 Å². The zero-order chi connectivity index (χ0) is 14.0. The monoisotopic (exact) mass is 308 g/mol. The maximum atomic E-state index is 13.4. The van der Waals surface area contributed by atoms with Crippen molar-refractivity contribution >= 4 is 24.0 Å². The molecule has 1 heterocycles. The lowest BCUT2D eigenvalue weighted by Gasteiger charge is -2.32. The van der Waals surface area contributed by atoms with Crippen LogP contribution in [0.2, 0.25) is 0 Å². The van der Waals surface area contributed by atoms with E-state index < -0.39 is 28.8 Å². The van der Waals surface area contributed by atoms with Crippen molar-refractivity contribution < 1.29 is 18.0 Å². The van der Waals surface area contributed by atoms with E-state index in [0.717, 1.165) is 13.0 Å². The van der Waals surface area contributed by atoms with Gasteiger partial charge >= 0.3 is 0 Å². The van der Waals surface area contributed by atoms with Crippen LogP contribution in [0.1, 0.15) is 19.8 Å². The Hall–Kier alpha value is -1.27. The number of amides is 1. The summed E-state index contributed by atoms with van der Waals surface area (Å²) in [6, 6.07) is 1.08. The second-order valence-electron chi connectivity index (χ2n) is 5.04. The summed E-state index contributed by atoms with van der Waals surface area (Å²) in [6.07, 6.45) is 1.50. The normalized spacial score (nSPS) is 22.0. The van der Waals surface area contributed by atoms with Crippen LogP contribution in [0.4, 0.5) is 18.9 Å². The van der Waals surface area contributed by atoms with E-state index >= 15 is 0 Å². The average Bonchev–Trinajstić information content (AvgIpc) is 2.36. The van der Waals surface area contributed by atoms with Crippen LogP contribution in [-0.2, 0) is 4.79 Å². The van der Waals surface area contributed by atoms with Crippen molar-refractivity contribution in [3.05, 3.63) is 29.6 Å². The molecule has 0 spiro atoms. The van der Waals surface area contributed by atoms with Crippen molar-refractivity contribution in [1.82, 2.24) is 5.32 Å². The third kappa shape index (κ3) is 3.43. The highest BCUT2D eigenvalue weighted by Crippen LogP contribution is 2.28. The Labute approximate surface area is 121 Å². The molecule has 0 saturated carbocycles. The van der Waals surface area contributed by atoms with Gasteiger partial charge in [0.05, 0.1) is 11.1 Å². The summed E-state index contributed by atoms with van der Waals surface area (Å²) < 4.78 is 39.3. The number of hydrogen-bond acceptors (Lipinski definition) is 2. The first-order valence-corrected chi connectivity index (χ1v) is 6.09. The van der Waals surface area contributed by atoms with Gasteiger partial charge in [-0.2, -0.15) is 0 Å². The molecule has 0 radical (unpaired) electrons. The molecule has 2 N–H and O–H groups in total. The molecular formula is C13H16ClF3N2O. The molecule has 1 fully saturated rings. The number of halogens is 4. The lowest BCUT2D eigenvalue weighted by Crippen LogP contribution is -2.46. The van der Waals surface area contributed by atoms with Gasteiger partial charge in [-0.15, -0.1) is 12.4 Å². The third-order valence-corrected chi connectivity index (χ3v) is 3.40. The first-order valence-electron chi connectivity index (χ1n) is 6.09. The van der Waals surface area contributed by atoms with Crippen molar-refractivity contribution in [1.29, 1.82) is 0 Å². The minimum atomic E-state index is -1.28. The fourth-order valence-corrected chi connectivity index (χ4v) is 2.14. The third-order valence-electron chi connectivity index (χ3n) is 3.40. The Bertz CT molecular complexity index is 505. The van der Waals surface area contributed by atoms with Crippen molar-refractivity contribution in [3.8, 4) is 0 Å². The van der Waals surface area contributed by atoms with E-state index in [1.165, 1.54) is 0 Å². The standard InChI is InChI=1S/C13H15F3N2O.ClH/c1-13(3-2-4-17-7-13)12(19)18-11-6-9(15)8(14)5-10(11)16;/h5-6,17H,2-4,7H2,1H3,(H,18,19);1H. The van der Waals surface area contributed by atoms with Gasteiger partial charge in [-0.25, -0.2) is 13.2 Å². The van der Waals surface area contributed by atoms with Gasteiger partial charge in [0.1, 0.15) is 5.82 Å². The van der Waals surface area contributed by atoms with Crippen LogP contribution in [0.3, 0.4) is 0 Å². The van der Waals surface area contributed by atoms with Crippen LogP contribution < -0.4 is 10.6 Å². The quantitative estimate of drug-likeness (QED) is 0.825. The van der Waals surface area contributed by atoms with Crippen LogP contribution in [0.5, 0.6) is 0 Å². The summed E-state index contributed by atoms with van der Waals surface area (Å²) in [5.74, 6) is -3.85. The molecular weight excluding hydrogens is 293 g/mol. The zero-order valence-corrected chi connectivity index (χ0v) is 11.8. The molecule has 3 nitrogen and oxygen atoms in total. The summed E-state index contributed by atoms with van der Waals surface area (Å²) >= 11 is 0. The molecule has 1 saturated heterocycles. The molecule has 20 heavy (non-hydrogen) atoms. The molecule has 112 valence electrons. The van der Waals surface area contributed by atoms with Crippen molar-refractivity contribution in [2.45, 2.75) is 19.8 Å². The van der Waals surface area contributed by atoms with E-state index in [1.54, 1.807) is 6.92 Å². The van der Waals surface area contributed by atoms with Gasteiger partial charge in [-0.3, -0.25) is 4.79 Å². The maximum absolute atomic E-state index is 13.4. The lowest BCUT2D eigenvalue weighted by molar-refractivity contribution is -0.125. The van der Waals surface area contributed by atoms with E-state index in [0.29, 0.717) is 25.1 Å². The van der Waals surface area contributed by atoms with Crippen molar-refractivity contribution in [3.63, 3.8) is 0 Å². The number of piperidine rings is 1. The van der Waals surface area contributed by atoms with Crippen LogP contribution in [0.15, 0.2) is 12.1 Å². The number of rotatable bonds is 2. The van der Waals surface area contributed by atoms with E-state index in [2.05, 4.69) is 10.6 Å². The van der Waals surface area contributed by atoms with Gasteiger partial charge < -0.3 is 10.6 Å². The first kappa shape index (κ1) is 16.8. The Kier molecular flexibility index (Phi) is 5.42. The van der Waals surface area contributed by atoms with Crippen LogP contribution >= 0.6 is 12.4 Å².